The van der Waals surface area contributed by atoms with Gasteiger partial charge < -0.3 is 15.0 Å². The van der Waals surface area contributed by atoms with E-state index < -0.39 is 0 Å². The van der Waals surface area contributed by atoms with Crippen LogP contribution in [0.5, 0.6) is 0 Å². The summed E-state index contributed by atoms with van der Waals surface area (Å²) in [6, 6.07) is 2.57. The molecule has 2 fully saturated rings. The molecule has 0 radical (unpaired) electrons. The molecule has 4 rings (SSSR count). The summed E-state index contributed by atoms with van der Waals surface area (Å²) < 4.78 is 7.66. The van der Waals surface area contributed by atoms with Crippen molar-refractivity contribution < 1.29 is 9.53 Å². The van der Waals surface area contributed by atoms with E-state index in [2.05, 4.69) is 26.1 Å². The Labute approximate surface area is 155 Å². The van der Waals surface area contributed by atoms with Gasteiger partial charge in [0.1, 0.15) is 0 Å². The van der Waals surface area contributed by atoms with Gasteiger partial charge in [0.15, 0.2) is 0 Å². The summed E-state index contributed by atoms with van der Waals surface area (Å²) in [5.41, 5.74) is 1.29. The van der Waals surface area contributed by atoms with Gasteiger partial charge in [0.25, 0.3) is 0 Å². The molecule has 3 aliphatic heterocycles. The van der Waals surface area contributed by atoms with Gasteiger partial charge in [-0.25, -0.2) is 4.79 Å². The lowest BCUT2D eigenvalue weighted by Crippen LogP contribution is -2.43. The number of carbonyl (C=O) groups excluding carboxylic acids is 1. The Morgan fingerprint density at radius 2 is 2.08 bits per heavy atom. The predicted octanol–water partition coefficient (Wildman–Crippen LogP) is 1.86. The number of amides is 2. The van der Waals surface area contributed by atoms with Gasteiger partial charge in [0.05, 0.1) is 11.7 Å². The zero-order valence-electron chi connectivity index (χ0n) is 15.6. The Bertz CT molecular complexity index is 593. The van der Waals surface area contributed by atoms with Gasteiger partial charge in [-0.05, 0) is 44.1 Å². The Hall–Kier alpha value is -1.60. The van der Waals surface area contributed by atoms with E-state index in [9.17, 15) is 4.79 Å². The third-order valence-corrected chi connectivity index (χ3v) is 5.96. The average molecular weight is 361 g/mol. The zero-order valence-corrected chi connectivity index (χ0v) is 15.6. The highest BCUT2D eigenvalue weighted by Crippen LogP contribution is 2.25. The summed E-state index contributed by atoms with van der Waals surface area (Å²) in [7, 11) is 0. The molecule has 0 unspecified atom stereocenters. The molecule has 1 N–H and O–H groups in total. The van der Waals surface area contributed by atoms with Crippen LogP contribution in [-0.4, -0.2) is 71.5 Å². The molecule has 0 aromatic carbocycles. The van der Waals surface area contributed by atoms with E-state index in [1.807, 2.05) is 11.1 Å². The molecular weight excluding hydrogens is 330 g/mol. The third-order valence-electron chi connectivity index (χ3n) is 5.96. The Morgan fingerprint density at radius 3 is 2.88 bits per heavy atom. The maximum absolute atomic E-state index is 12.2. The lowest BCUT2D eigenvalue weighted by atomic mass is 9.98. The number of hydrogen-bond donors (Lipinski definition) is 1. The van der Waals surface area contributed by atoms with Gasteiger partial charge >= 0.3 is 6.03 Å². The molecule has 1 aromatic rings. The van der Waals surface area contributed by atoms with Crippen molar-refractivity contribution in [2.24, 2.45) is 5.92 Å². The molecular formula is C19H31N5O2. The van der Waals surface area contributed by atoms with Gasteiger partial charge in [0, 0.05) is 58.7 Å². The number of ether oxygens (including phenoxy) is 1. The molecule has 2 amide bonds. The first kappa shape index (κ1) is 17.8. The van der Waals surface area contributed by atoms with Gasteiger partial charge in [-0.2, -0.15) is 5.10 Å². The zero-order chi connectivity index (χ0) is 17.8. The molecule has 0 spiro atoms. The van der Waals surface area contributed by atoms with E-state index in [-0.39, 0.29) is 6.03 Å². The summed E-state index contributed by atoms with van der Waals surface area (Å²) in [5.74, 6) is 0.744. The molecule has 7 nitrogen and oxygen atoms in total. The molecule has 144 valence electrons. The van der Waals surface area contributed by atoms with Crippen LogP contribution in [0, 0.1) is 5.92 Å². The maximum atomic E-state index is 12.2. The number of fused-ring (bicyclic) bond motifs is 1. The number of nitrogens with zero attached hydrogens (tertiary/aromatic N) is 4. The van der Waals surface area contributed by atoms with Crippen molar-refractivity contribution in [2.75, 3.05) is 45.9 Å². The van der Waals surface area contributed by atoms with Crippen LogP contribution in [0.4, 0.5) is 4.79 Å². The topological polar surface area (TPSA) is 62.6 Å². The molecule has 3 aliphatic rings. The third kappa shape index (κ3) is 4.20. The fourth-order valence-corrected chi connectivity index (χ4v) is 4.49. The van der Waals surface area contributed by atoms with Crippen LogP contribution in [0.25, 0.3) is 0 Å². The quantitative estimate of drug-likeness (QED) is 0.870. The average Bonchev–Trinajstić information content (AvgIpc) is 3.34. The van der Waals surface area contributed by atoms with Crippen molar-refractivity contribution in [1.82, 2.24) is 24.9 Å². The number of rotatable bonds is 5. The van der Waals surface area contributed by atoms with Crippen molar-refractivity contribution in [3.8, 4) is 0 Å². The second-order valence-corrected chi connectivity index (χ2v) is 7.89. The molecule has 7 heteroatoms. The summed E-state index contributed by atoms with van der Waals surface area (Å²) >= 11 is 0. The smallest absolute Gasteiger partial charge is 0.317 e. The fraction of sp³-hybridized carbons (Fsp3) is 0.789. The van der Waals surface area contributed by atoms with E-state index >= 15 is 0 Å². The van der Waals surface area contributed by atoms with E-state index in [1.54, 1.807) is 0 Å². The highest BCUT2D eigenvalue weighted by atomic mass is 16.5. The molecule has 1 aromatic heterocycles. The first-order valence-electron chi connectivity index (χ1n) is 10.1. The first-order valence-corrected chi connectivity index (χ1v) is 10.1. The lowest BCUT2D eigenvalue weighted by molar-refractivity contribution is 0.0443. The van der Waals surface area contributed by atoms with E-state index in [0.29, 0.717) is 12.6 Å². The number of urea groups is 1. The summed E-state index contributed by atoms with van der Waals surface area (Å²) in [4.78, 5) is 16.7. The molecule has 0 aliphatic carbocycles. The van der Waals surface area contributed by atoms with E-state index in [1.165, 1.54) is 18.5 Å². The van der Waals surface area contributed by atoms with Gasteiger partial charge in [-0.3, -0.25) is 9.58 Å². The van der Waals surface area contributed by atoms with Crippen LogP contribution in [0.15, 0.2) is 12.3 Å². The Morgan fingerprint density at radius 1 is 1.27 bits per heavy atom. The van der Waals surface area contributed by atoms with E-state index in [0.717, 1.165) is 71.1 Å². The van der Waals surface area contributed by atoms with Crippen LogP contribution in [0.2, 0.25) is 0 Å². The van der Waals surface area contributed by atoms with Crippen molar-refractivity contribution in [3.05, 3.63) is 18.0 Å². The fourth-order valence-electron chi connectivity index (χ4n) is 4.49. The van der Waals surface area contributed by atoms with Gasteiger partial charge in [0.2, 0.25) is 0 Å². The summed E-state index contributed by atoms with van der Waals surface area (Å²) in [6.07, 6.45) is 7.45. The highest BCUT2D eigenvalue weighted by molar-refractivity contribution is 5.74. The molecule has 1 atom stereocenters. The Balaban J connectivity index is 1.30. The van der Waals surface area contributed by atoms with Crippen LogP contribution < -0.4 is 5.32 Å². The minimum Gasteiger partial charge on any atom is -0.381 e. The van der Waals surface area contributed by atoms with Gasteiger partial charge in [-0.1, -0.05) is 0 Å². The molecule has 26 heavy (non-hydrogen) atoms. The van der Waals surface area contributed by atoms with Crippen LogP contribution in [0.3, 0.4) is 0 Å². The standard InChI is InChI=1S/C19H31N5O2/c25-19(23-9-1-2-10-23)20-7-3-17-14-22(13-16-5-11-26-12-6-16)15-18-4-8-21-24(17)18/h4,8,16-17H,1-3,5-7,9-15H2,(H,20,25)/t17-/m0/s1. The highest BCUT2D eigenvalue weighted by Gasteiger charge is 2.28. The maximum Gasteiger partial charge on any atom is 0.317 e. The number of nitrogens with one attached hydrogen (secondary N) is 1. The normalized spacial score (nSPS) is 24.6. The molecule has 0 saturated carbocycles. The SMILES string of the molecule is O=C(NCC[C@H]1CN(CC2CCOCC2)Cc2ccnn21)N1CCCC1. The van der Waals surface area contributed by atoms with Crippen molar-refractivity contribution in [3.63, 3.8) is 0 Å². The number of carbonyl (C=O) groups is 1. The largest absolute Gasteiger partial charge is 0.381 e. The number of hydrogen-bond acceptors (Lipinski definition) is 4. The van der Waals surface area contributed by atoms with Crippen LogP contribution in [-0.2, 0) is 11.3 Å². The summed E-state index contributed by atoms with van der Waals surface area (Å²) in [6.45, 7) is 7.47. The predicted molar refractivity (Wildman–Crippen MR) is 98.9 cm³/mol. The minimum atomic E-state index is 0.0954. The second kappa shape index (κ2) is 8.39. The van der Waals surface area contributed by atoms with E-state index in [4.69, 9.17) is 4.74 Å². The van der Waals surface area contributed by atoms with Crippen molar-refractivity contribution in [2.45, 2.75) is 44.7 Å². The number of aromatic nitrogens is 2. The Kier molecular flexibility index (Phi) is 5.75. The first-order chi connectivity index (χ1) is 12.8. The molecule has 4 heterocycles. The lowest BCUT2D eigenvalue weighted by Gasteiger charge is -2.36. The van der Waals surface area contributed by atoms with Crippen LogP contribution >= 0.6 is 0 Å². The van der Waals surface area contributed by atoms with Crippen molar-refractivity contribution >= 4 is 6.03 Å². The monoisotopic (exact) mass is 361 g/mol. The molecule has 2 saturated heterocycles. The van der Waals surface area contributed by atoms with Crippen molar-refractivity contribution in [1.29, 1.82) is 0 Å². The molecule has 0 bridgehead atoms. The second-order valence-electron chi connectivity index (χ2n) is 7.89. The number of likely N-dealkylation sites (tertiary alicyclic amines) is 1. The minimum absolute atomic E-state index is 0.0954. The summed E-state index contributed by atoms with van der Waals surface area (Å²) in [5, 5.41) is 7.64. The van der Waals surface area contributed by atoms with Gasteiger partial charge in [-0.15, -0.1) is 0 Å². The van der Waals surface area contributed by atoms with Crippen LogP contribution in [0.1, 0.15) is 43.8 Å².